The minimum Gasteiger partial charge on any atom is -0.409 e. The normalized spacial score (nSPS) is 13.1. The van der Waals surface area contributed by atoms with E-state index in [1.807, 2.05) is 6.07 Å². The fraction of sp³-hybridized carbons (Fsp3) is 0.214. The molecule has 1 unspecified atom stereocenters. The lowest BCUT2D eigenvalue weighted by atomic mass is 10.0. The van der Waals surface area contributed by atoms with Crippen molar-refractivity contribution in [2.75, 3.05) is 5.32 Å². The molecule has 1 heterocycles. The van der Waals surface area contributed by atoms with Crippen LogP contribution < -0.4 is 11.1 Å². The number of hydrogen-bond acceptors (Lipinski definition) is 4. The summed E-state index contributed by atoms with van der Waals surface area (Å²) in [7, 11) is 0. The van der Waals surface area contributed by atoms with Crippen molar-refractivity contribution in [1.29, 1.82) is 0 Å². The summed E-state index contributed by atoms with van der Waals surface area (Å²) in [6.07, 6.45) is 2.04. The Morgan fingerprint density at radius 1 is 1.52 bits per heavy atom. The summed E-state index contributed by atoms with van der Waals surface area (Å²) in [6.45, 7) is 1.78. The van der Waals surface area contributed by atoms with Crippen LogP contribution in [0.1, 0.15) is 13.3 Å². The van der Waals surface area contributed by atoms with Gasteiger partial charge in [-0.15, -0.1) is 0 Å². The molecule has 6 nitrogen and oxygen atoms in total. The van der Waals surface area contributed by atoms with Crippen LogP contribution in [-0.2, 0) is 4.79 Å². The number of carbonyl (C=O) groups is 1. The summed E-state index contributed by atoms with van der Waals surface area (Å²) in [4.78, 5) is 16.5. The monoisotopic (exact) mass is 306 g/mol. The molecule has 0 aliphatic carbocycles. The van der Waals surface area contributed by atoms with Crippen molar-refractivity contribution >= 4 is 39.9 Å². The molecule has 110 valence electrons. The van der Waals surface area contributed by atoms with Gasteiger partial charge in [-0.25, -0.2) is 0 Å². The van der Waals surface area contributed by atoms with Crippen LogP contribution in [0.2, 0.25) is 5.02 Å². The van der Waals surface area contributed by atoms with Crippen molar-refractivity contribution in [3.8, 4) is 0 Å². The van der Waals surface area contributed by atoms with Gasteiger partial charge in [-0.3, -0.25) is 9.78 Å². The topological polar surface area (TPSA) is 101 Å². The van der Waals surface area contributed by atoms with Crippen molar-refractivity contribution in [2.24, 2.45) is 16.8 Å². The third kappa shape index (κ3) is 3.05. The number of amidine groups is 1. The molecule has 0 radical (unpaired) electrons. The fourth-order valence-corrected chi connectivity index (χ4v) is 2.27. The van der Waals surface area contributed by atoms with E-state index in [-0.39, 0.29) is 11.7 Å². The molecule has 1 amide bonds. The average molecular weight is 307 g/mol. The Balaban J connectivity index is 2.36. The number of fused-ring (bicyclic) bond motifs is 1. The van der Waals surface area contributed by atoms with Gasteiger partial charge in [0.1, 0.15) is 0 Å². The van der Waals surface area contributed by atoms with Crippen LogP contribution in [0.3, 0.4) is 0 Å². The molecule has 0 aliphatic rings. The Labute approximate surface area is 126 Å². The zero-order valence-electron chi connectivity index (χ0n) is 11.4. The number of amides is 1. The number of rotatable bonds is 4. The number of halogens is 1. The van der Waals surface area contributed by atoms with Gasteiger partial charge in [0.15, 0.2) is 5.84 Å². The number of nitrogens with one attached hydrogen (secondary N) is 1. The van der Waals surface area contributed by atoms with E-state index in [1.54, 1.807) is 31.3 Å². The minimum absolute atomic E-state index is 0.124. The van der Waals surface area contributed by atoms with Crippen molar-refractivity contribution in [2.45, 2.75) is 13.3 Å². The van der Waals surface area contributed by atoms with E-state index in [0.717, 1.165) is 5.39 Å². The highest BCUT2D eigenvalue weighted by Gasteiger charge is 2.22. The Hall–Kier alpha value is -2.34. The number of aromatic nitrogens is 1. The van der Waals surface area contributed by atoms with Gasteiger partial charge < -0.3 is 16.3 Å². The zero-order valence-corrected chi connectivity index (χ0v) is 12.1. The van der Waals surface area contributed by atoms with E-state index in [9.17, 15) is 4.79 Å². The lowest BCUT2D eigenvalue weighted by Crippen LogP contribution is -2.34. The molecule has 0 saturated heterocycles. The highest BCUT2D eigenvalue weighted by molar-refractivity contribution is 6.36. The molecule has 0 saturated carbocycles. The quantitative estimate of drug-likeness (QED) is 0.350. The van der Waals surface area contributed by atoms with E-state index in [2.05, 4.69) is 15.5 Å². The second-order valence-electron chi connectivity index (χ2n) is 4.47. The number of benzene rings is 1. The third-order valence-electron chi connectivity index (χ3n) is 3.17. The number of anilines is 1. The molecule has 0 fully saturated rings. The van der Waals surface area contributed by atoms with Crippen LogP contribution >= 0.6 is 11.6 Å². The summed E-state index contributed by atoms with van der Waals surface area (Å²) in [5, 5.41) is 15.7. The van der Waals surface area contributed by atoms with Crippen LogP contribution in [0, 0.1) is 5.92 Å². The molecule has 0 bridgehead atoms. The van der Waals surface area contributed by atoms with E-state index >= 15 is 0 Å². The average Bonchev–Trinajstić information content (AvgIpc) is 2.51. The molecule has 1 atom stereocenters. The maximum atomic E-state index is 12.2. The second-order valence-corrected chi connectivity index (χ2v) is 4.88. The van der Waals surface area contributed by atoms with Crippen LogP contribution in [-0.4, -0.2) is 21.9 Å². The van der Waals surface area contributed by atoms with Crippen LogP contribution in [0.5, 0.6) is 0 Å². The molecule has 7 heteroatoms. The van der Waals surface area contributed by atoms with Crippen molar-refractivity contribution < 1.29 is 10.0 Å². The standard InChI is InChI=1S/C14H15ClN4O2/c1-2-8(13(16)19-21)14(20)18-11-6-5-10(15)9-4-3-7-17-12(9)11/h3-8,21H,2H2,1H3,(H2,16,19)(H,18,20). The first kappa shape index (κ1) is 15.1. The Bertz CT molecular complexity index is 702. The summed E-state index contributed by atoms with van der Waals surface area (Å²) in [6, 6.07) is 6.95. The Kier molecular flexibility index (Phi) is 4.59. The minimum atomic E-state index is -0.704. The summed E-state index contributed by atoms with van der Waals surface area (Å²) >= 11 is 6.10. The summed E-state index contributed by atoms with van der Waals surface area (Å²) in [5.41, 5.74) is 6.64. The summed E-state index contributed by atoms with van der Waals surface area (Å²) < 4.78 is 0. The zero-order chi connectivity index (χ0) is 15.4. The fourth-order valence-electron chi connectivity index (χ4n) is 2.06. The van der Waals surface area contributed by atoms with Gasteiger partial charge in [-0.1, -0.05) is 23.7 Å². The molecule has 21 heavy (non-hydrogen) atoms. The lowest BCUT2D eigenvalue weighted by molar-refractivity contribution is -0.118. The Morgan fingerprint density at radius 2 is 2.29 bits per heavy atom. The molecule has 4 N–H and O–H groups in total. The lowest BCUT2D eigenvalue weighted by Gasteiger charge is -2.14. The van der Waals surface area contributed by atoms with Gasteiger partial charge in [-0.05, 0) is 30.7 Å². The first-order valence-corrected chi connectivity index (χ1v) is 6.77. The van der Waals surface area contributed by atoms with Crippen molar-refractivity contribution in [3.05, 3.63) is 35.5 Å². The van der Waals surface area contributed by atoms with Crippen LogP contribution in [0.4, 0.5) is 5.69 Å². The molecular formula is C14H15ClN4O2. The maximum absolute atomic E-state index is 12.2. The first-order valence-electron chi connectivity index (χ1n) is 6.40. The summed E-state index contributed by atoms with van der Waals surface area (Å²) in [5.74, 6) is -1.19. The van der Waals surface area contributed by atoms with Crippen molar-refractivity contribution in [3.63, 3.8) is 0 Å². The number of nitrogens with two attached hydrogens (primary N) is 1. The van der Waals surface area contributed by atoms with Gasteiger partial charge in [0, 0.05) is 11.6 Å². The van der Waals surface area contributed by atoms with Crippen LogP contribution in [0.25, 0.3) is 10.9 Å². The first-order chi connectivity index (χ1) is 10.1. The maximum Gasteiger partial charge on any atom is 0.235 e. The highest BCUT2D eigenvalue weighted by Crippen LogP contribution is 2.28. The number of carbonyl (C=O) groups excluding carboxylic acids is 1. The smallest absolute Gasteiger partial charge is 0.235 e. The molecule has 0 aliphatic heterocycles. The molecule has 1 aromatic carbocycles. The molecule has 1 aromatic heterocycles. The van der Waals surface area contributed by atoms with Crippen molar-refractivity contribution in [1.82, 2.24) is 4.98 Å². The number of oxime groups is 1. The van der Waals surface area contributed by atoms with E-state index in [1.165, 1.54) is 0 Å². The molecule has 2 aromatic rings. The predicted molar refractivity (Wildman–Crippen MR) is 82.6 cm³/mol. The third-order valence-corrected chi connectivity index (χ3v) is 3.50. The van der Waals surface area contributed by atoms with E-state index in [4.69, 9.17) is 22.5 Å². The molecule has 0 spiro atoms. The largest absolute Gasteiger partial charge is 0.409 e. The van der Waals surface area contributed by atoms with Crippen LogP contribution in [0.15, 0.2) is 35.6 Å². The molecule has 2 rings (SSSR count). The number of hydrogen-bond donors (Lipinski definition) is 3. The molecular weight excluding hydrogens is 292 g/mol. The van der Waals surface area contributed by atoms with Gasteiger partial charge in [-0.2, -0.15) is 0 Å². The van der Waals surface area contributed by atoms with E-state index < -0.39 is 5.92 Å². The number of pyridine rings is 1. The van der Waals surface area contributed by atoms with Gasteiger partial charge >= 0.3 is 0 Å². The Morgan fingerprint density at radius 3 is 2.95 bits per heavy atom. The van der Waals surface area contributed by atoms with Gasteiger partial charge in [0.2, 0.25) is 5.91 Å². The second kappa shape index (κ2) is 6.41. The predicted octanol–water partition coefficient (Wildman–Crippen LogP) is 2.60. The van der Waals surface area contributed by atoms with Gasteiger partial charge in [0.25, 0.3) is 0 Å². The highest BCUT2D eigenvalue weighted by atomic mass is 35.5. The SMILES string of the molecule is CCC(C(=O)Nc1ccc(Cl)c2cccnc12)/C(N)=N/O. The van der Waals surface area contributed by atoms with Gasteiger partial charge in [0.05, 0.1) is 22.1 Å². The number of nitrogens with zero attached hydrogens (tertiary/aromatic N) is 2. The van der Waals surface area contributed by atoms with E-state index in [0.29, 0.717) is 22.6 Å².